The fourth-order valence-corrected chi connectivity index (χ4v) is 2.59. The molecule has 3 aromatic rings. The smallest absolute Gasteiger partial charge is 0.313 e. The predicted octanol–water partition coefficient (Wildman–Crippen LogP) is 2.40. The van der Waals surface area contributed by atoms with Gasteiger partial charge < -0.3 is 24.9 Å². The molecule has 0 fully saturated rings. The zero-order valence-corrected chi connectivity index (χ0v) is 15.0. The number of para-hydroxylation sites is 3. The molecule has 2 aromatic carbocycles. The molecule has 7 nitrogen and oxygen atoms in total. The fraction of sp³-hybridized carbons (Fsp3) is 0.200. The van der Waals surface area contributed by atoms with Gasteiger partial charge in [-0.25, -0.2) is 0 Å². The largest absolute Gasteiger partial charge is 0.495 e. The van der Waals surface area contributed by atoms with Crippen LogP contribution in [0.2, 0.25) is 0 Å². The lowest BCUT2D eigenvalue weighted by molar-refractivity contribution is -0.136. The number of furan rings is 1. The number of amides is 2. The Morgan fingerprint density at radius 1 is 1.11 bits per heavy atom. The van der Waals surface area contributed by atoms with E-state index in [4.69, 9.17) is 9.15 Å². The molecule has 27 heavy (non-hydrogen) atoms. The maximum absolute atomic E-state index is 12.1. The molecule has 1 heterocycles. The van der Waals surface area contributed by atoms with Crippen molar-refractivity contribution in [2.45, 2.75) is 12.5 Å². The lowest BCUT2D eigenvalue weighted by Crippen LogP contribution is -2.43. The fourth-order valence-electron chi connectivity index (χ4n) is 2.59. The highest BCUT2D eigenvalue weighted by atomic mass is 16.5. The summed E-state index contributed by atoms with van der Waals surface area (Å²) in [5.41, 5.74) is -0.462. The van der Waals surface area contributed by atoms with Gasteiger partial charge in [0.2, 0.25) is 0 Å². The Balaban J connectivity index is 1.64. The number of hydrogen-bond acceptors (Lipinski definition) is 5. The van der Waals surface area contributed by atoms with E-state index in [0.717, 1.165) is 5.39 Å². The van der Waals surface area contributed by atoms with Gasteiger partial charge in [-0.1, -0.05) is 30.3 Å². The van der Waals surface area contributed by atoms with Crippen molar-refractivity contribution >= 4 is 28.5 Å². The molecule has 0 aliphatic rings. The molecule has 1 aromatic heterocycles. The monoisotopic (exact) mass is 368 g/mol. The summed E-state index contributed by atoms with van der Waals surface area (Å²) in [6.07, 6.45) is 0. The van der Waals surface area contributed by atoms with Gasteiger partial charge in [0.25, 0.3) is 0 Å². The van der Waals surface area contributed by atoms with E-state index in [1.54, 1.807) is 36.4 Å². The van der Waals surface area contributed by atoms with Gasteiger partial charge in [0.15, 0.2) is 0 Å². The number of ether oxygens (including phenoxy) is 1. The number of carbonyl (C=O) groups excluding carboxylic acids is 2. The first-order valence-electron chi connectivity index (χ1n) is 8.34. The summed E-state index contributed by atoms with van der Waals surface area (Å²) >= 11 is 0. The predicted molar refractivity (Wildman–Crippen MR) is 100 cm³/mol. The molecular weight excluding hydrogens is 348 g/mol. The first kappa shape index (κ1) is 18.5. The third kappa shape index (κ3) is 4.09. The standard InChI is InChI=1S/C20H20N2O5/c1-20(25,17-11-13-7-3-5-9-15(13)27-17)12-21-18(23)19(24)22-14-8-4-6-10-16(14)26-2/h3-11,25H,12H2,1-2H3,(H,21,23)(H,22,24). The Bertz CT molecular complexity index is 944. The van der Waals surface area contributed by atoms with E-state index in [0.29, 0.717) is 22.8 Å². The molecule has 0 radical (unpaired) electrons. The SMILES string of the molecule is COc1ccccc1NC(=O)C(=O)NCC(C)(O)c1cc2ccccc2o1. The van der Waals surface area contributed by atoms with E-state index in [-0.39, 0.29) is 6.54 Å². The van der Waals surface area contributed by atoms with Crippen molar-refractivity contribution in [1.82, 2.24) is 5.32 Å². The minimum atomic E-state index is -1.47. The molecule has 2 amide bonds. The average Bonchev–Trinajstić information content (AvgIpc) is 3.12. The topological polar surface area (TPSA) is 101 Å². The van der Waals surface area contributed by atoms with Gasteiger partial charge in [-0.05, 0) is 31.2 Å². The Labute approximate surface area is 155 Å². The lowest BCUT2D eigenvalue weighted by Gasteiger charge is -2.21. The minimum Gasteiger partial charge on any atom is -0.495 e. The third-order valence-corrected chi connectivity index (χ3v) is 4.11. The van der Waals surface area contributed by atoms with Crippen molar-refractivity contribution in [3.63, 3.8) is 0 Å². The van der Waals surface area contributed by atoms with Crippen LogP contribution in [0, 0.1) is 0 Å². The molecule has 3 rings (SSSR count). The average molecular weight is 368 g/mol. The summed E-state index contributed by atoms with van der Waals surface area (Å²) < 4.78 is 10.8. The summed E-state index contributed by atoms with van der Waals surface area (Å²) in [5, 5.41) is 16.4. The van der Waals surface area contributed by atoms with Crippen LogP contribution in [-0.4, -0.2) is 30.6 Å². The van der Waals surface area contributed by atoms with Crippen LogP contribution >= 0.6 is 0 Å². The van der Waals surface area contributed by atoms with Gasteiger partial charge in [-0.2, -0.15) is 0 Å². The molecule has 1 unspecified atom stereocenters. The van der Waals surface area contributed by atoms with Crippen LogP contribution in [-0.2, 0) is 15.2 Å². The summed E-state index contributed by atoms with van der Waals surface area (Å²) in [5.74, 6) is -1.00. The van der Waals surface area contributed by atoms with Gasteiger partial charge in [0.05, 0.1) is 19.3 Å². The second-order valence-corrected chi connectivity index (χ2v) is 6.26. The normalized spacial score (nSPS) is 13.0. The van der Waals surface area contributed by atoms with E-state index in [1.165, 1.54) is 14.0 Å². The van der Waals surface area contributed by atoms with Crippen LogP contribution in [0.4, 0.5) is 5.69 Å². The van der Waals surface area contributed by atoms with E-state index in [9.17, 15) is 14.7 Å². The Morgan fingerprint density at radius 2 is 1.81 bits per heavy atom. The highest BCUT2D eigenvalue weighted by Crippen LogP contribution is 2.27. The van der Waals surface area contributed by atoms with E-state index >= 15 is 0 Å². The van der Waals surface area contributed by atoms with Gasteiger partial charge in [0, 0.05) is 5.39 Å². The van der Waals surface area contributed by atoms with Crippen LogP contribution < -0.4 is 15.4 Å². The number of nitrogens with one attached hydrogen (secondary N) is 2. The number of hydrogen-bond donors (Lipinski definition) is 3. The molecule has 0 aliphatic carbocycles. The number of rotatable bonds is 5. The number of aliphatic hydroxyl groups is 1. The number of anilines is 1. The molecule has 0 saturated heterocycles. The third-order valence-electron chi connectivity index (χ3n) is 4.11. The zero-order chi connectivity index (χ0) is 19.4. The molecule has 7 heteroatoms. The van der Waals surface area contributed by atoms with E-state index in [1.807, 2.05) is 18.2 Å². The van der Waals surface area contributed by atoms with E-state index in [2.05, 4.69) is 10.6 Å². The van der Waals surface area contributed by atoms with Crippen molar-refractivity contribution in [3.8, 4) is 5.75 Å². The van der Waals surface area contributed by atoms with Gasteiger partial charge in [0.1, 0.15) is 22.7 Å². The Kier molecular flexibility index (Phi) is 5.14. The Hall–Kier alpha value is -3.32. The summed E-state index contributed by atoms with van der Waals surface area (Å²) in [6.45, 7) is 1.31. The van der Waals surface area contributed by atoms with E-state index < -0.39 is 17.4 Å². The lowest BCUT2D eigenvalue weighted by atomic mass is 10.0. The highest BCUT2D eigenvalue weighted by Gasteiger charge is 2.29. The quantitative estimate of drug-likeness (QED) is 0.601. The highest BCUT2D eigenvalue weighted by molar-refractivity contribution is 6.39. The number of carbonyl (C=O) groups is 2. The van der Waals surface area contributed by atoms with Crippen LogP contribution in [0.1, 0.15) is 12.7 Å². The van der Waals surface area contributed by atoms with Gasteiger partial charge in [-0.3, -0.25) is 9.59 Å². The molecule has 0 bridgehead atoms. The van der Waals surface area contributed by atoms with Crippen LogP contribution in [0.3, 0.4) is 0 Å². The second kappa shape index (κ2) is 7.51. The van der Waals surface area contributed by atoms with Crippen molar-refractivity contribution in [2.75, 3.05) is 19.0 Å². The number of benzene rings is 2. The summed E-state index contributed by atoms with van der Waals surface area (Å²) in [4.78, 5) is 24.2. The molecular formula is C20H20N2O5. The molecule has 140 valence electrons. The van der Waals surface area contributed by atoms with Crippen molar-refractivity contribution < 1.29 is 23.8 Å². The first-order valence-corrected chi connectivity index (χ1v) is 8.34. The molecule has 1 atom stereocenters. The molecule has 0 aliphatic heterocycles. The maximum atomic E-state index is 12.1. The Morgan fingerprint density at radius 3 is 2.56 bits per heavy atom. The molecule has 0 saturated carbocycles. The first-order chi connectivity index (χ1) is 12.9. The molecule has 3 N–H and O–H groups in total. The van der Waals surface area contributed by atoms with Gasteiger partial charge >= 0.3 is 11.8 Å². The van der Waals surface area contributed by atoms with Crippen molar-refractivity contribution in [3.05, 3.63) is 60.4 Å². The second-order valence-electron chi connectivity index (χ2n) is 6.26. The number of fused-ring (bicyclic) bond motifs is 1. The van der Waals surface area contributed by atoms with Crippen molar-refractivity contribution in [1.29, 1.82) is 0 Å². The summed E-state index contributed by atoms with van der Waals surface area (Å²) in [6, 6.07) is 15.8. The number of methoxy groups -OCH3 is 1. The van der Waals surface area contributed by atoms with Crippen LogP contribution in [0.15, 0.2) is 59.0 Å². The van der Waals surface area contributed by atoms with Gasteiger partial charge in [-0.15, -0.1) is 0 Å². The van der Waals surface area contributed by atoms with Crippen LogP contribution in [0.25, 0.3) is 11.0 Å². The maximum Gasteiger partial charge on any atom is 0.313 e. The summed E-state index contributed by atoms with van der Waals surface area (Å²) in [7, 11) is 1.47. The molecule has 0 spiro atoms. The van der Waals surface area contributed by atoms with Crippen LogP contribution in [0.5, 0.6) is 5.75 Å². The zero-order valence-electron chi connectivity index (χ0n) is 15.0. The minimum absolute atomic E-state index is 0.189. The van der Waals surface area contributed by atoms with Crippen molar-refractivity contribution in [2.24, 2.45) is 0 Å².